The van der Waals surface area contributed by atoms with Gasteiger partial charge in [-0.2, -0.15) is 5.10 Å². The van der Waals surface area contributed by atoms with Crippen molar-refractivity contribution < 1.29 is 0 Å². The third-order valence-electron chi connectivity index (χ3n) is 2.44. The average Bonchev–Trinajstić information content (AvgIpc) is 2.69. The summed E-state index contributed by atoms with van der Waals surface area (Å²) in [5, 5.41) is 8.08. The van der Waals surface area contributed by atoms with Gasteiger partial charge in [0.1, 0.15) is 17.2 Å². The Morgan fingerprint density at radius 1 is 1.47 bits per heavy atom. The van der Waals surface area contributed by atoms with E-state index in [9.17, 15) is 0 Å². The molecule has 0 spiro atoms. The van der Waals surface area contributed by atoms with Gasteiger partial charge >= 0.3 is 0 Å². The van der Waals surface area contributed by atoms with Crippen LogP contribution in [-0.4, -0.2) is 19.7 Å². The first-order valence-corrected chi connectivity index (χ1v) is 5.79. The van der Waals surface area contributed by atoms with Gasteiger partial charge < -0.3 is 5.32 Å². The van der Waals surface area contributed by atoms with Crippen molar-refractivity contribution in [2.45, 2.75) is 19.9 Å². The molecular formula is C11H14ClN5. The standard InChI is InChI=1S/C11H14ClN5/c1-3-10-8(6-17(2)16-10)4-14-11-9(12)5-13-7-15-11/h5-7H,3-4H2,1-2H3,(H,13,14,15). The molecule has 2 rings (SSSR count). The van der Waals surface area contributed by atoms with E-state index in [1.54, 1.807) is 6.20 Å². The summed E-state index contributed by atoms with van der Waals surface area (Å²) in [5.74, 6) is 0.646. The molecule has 0 aliphatic heterocycles. The van der Waals surface area contributed by atoms with E-state index in [2.05, 4.69) is 27.3 Å². The highest BCUT2D eigenvalue weighted by Crippen LogP contribution is 2.17. The smallest absolute Gasteiger partial charge is 0.148 e. The molecule has 0 fully saturated rings. The molecule has 17 heavy (non-hydrogen) atoms. The van der Waals surface area contributed by atoms with E-state index in [1.165, 1.54) is 6.33 Å². The highest BCUT2D eigenvalue weighted by atomic mass is 35.5. The highest BCUT2D eigenvalue weighted by Gasteiger charge is 2.07. The molecule has 0 amide bonds. The molecule has 0 unspecified atom stereocenters. The monoisotopic (exact) mass is 251 g/mol. The van der Waals surface area contributed by atoms with Gasteiger partial charge in [0.25, 0.3) is 0 Å². The lowest BCUT2D eigenvalue weighted by atomic mass is 10.2. The minimum absolute atomic E-state index is 0.523. The predicted octanol–water partition coefficient (Wildman–Crippen LogP) is 2.04. The van der Waals surface area contributed by atoms with Crippen LogP contribution < -0.4 is 5.32 Å². The van der Waals surface area contributed by atoms with Gasteiger partial charge in [-0.1, -0.05) is 18.5 Å². The van der Waals surface area contributed by atoms with Crippen molar-refractivity contribution in [2.24, 2.45) is 7.05 Å². The lowest BCUT2D eigenvalue weighted by Gasteiger charge is -2.05. The summed E-state index contributed by atoms with van der Waals surface area (Å²) in [4.78, 5) is 7.91. The van der Waals surface area contributed by atoms with Crippen LogP contribution in [0.25, 0.3) is 0 Å². The van der Waals surface area contributed by atoms with Gasteiger partial charge in [-0.3, -0.25) is 4.68 Å². The quantitative estimate of drug-likeness (QED) is 0.904. The number of nitrogens with zero attached hydrogens (tertiary/aromatic N) is 4. The third kappa shape index (κ3) is 2.74. The maximum Gasteiger partial charge on any atom is 0.148 e. The molecule has 90 valence electrons. The SMILES string of the molecule is CCc1nn(C)cc1CNc1ncncc1Cl. The lowest BCUT2D eigenvalue weighted by molar-refractivity contribution is 0.746. The summed E-state index contributed by atoms with van der Waals surface area (Å²) >= 11 is 5.96. The molecule has 0 aliphatic rings. The van der Waals surface area contributed by atoms with Gasteiger partial charge in [-0.15, -0.1) is 0 Å². The van der Waals surface area contributed by atoms with Crippen molar-refractivity contribution in [3.8, 4) is 0 Å². The summed E-state index contributed by atoms with van der Waals surface area (Å²) in [7, 11) is 1.92. The summed E-state index contributed by atoms with van der Waals surface area (Å²) in [6, 6.07) is 0. The lowest BCUT2D eigenvalue weighted by Crippen LogP contribution is -2.03. The molecule has 0 saturated carbocycles. The second kappa shape index (κ2) is 5.14. The number of aromatic nitrogens is 4. The van der Waals surface area contributed by atoms with Crippen LogP contribution in [0.4, 0.5) is 5.82 Å². The molecule has 0 bridgehead atoms. The van der Waals surface area contributed by atoms with Gasteiger partial charge in [0.05, 0.1) is 11.9 Å². The van der Waals surface area contributed by atoms with Crippen LogP contribution in [0.3, 0.4) is 0 Å². The van der Waals surface area contributed by atoms with Crippen molar-refractivity contribution >= 4 is 17.4 Å². The zero-order valence-electron chi connectivity index (χ0n) is 9.81. The normalized spacial score (nSPS) is 10.5. The molecule has 0 saturated heterocycles. The van der Waals surface area contributed by atoms with Crippen LogP contribution >= 0.6 is 11.6 Å². The van der Waals surface area contributed by atoms with Crippen LogP contribution in [0, 0.1) is 0 Å². The Balaban J connectivity index is 2.09. The van der Waals surface area contributed by atoms with Crippen molar-refractivity contribution in [3.05, 3.63) is 35.0 Å². The third-order valence-corrected chi connectivity index (χ3v) is 2.72. The molecule has 2 aromatic heterocycles. The molecule has 2 heterocycles. The van der Waals surface area contributed by atoms with Crippen molar-refractivity contribution in [3.63, 3.8) is 0 Å². The van der Waals surface area contributed by atoms with Crippen molar-refractivity contribution in [1.29, 1.82) is 0 Å². The fourth-order valence-corrected chi connectivity index (χ4v) is 1.82. The Morgan fingerprint density at radius 2 is 2.29 bits per heavy atom. The second-order valence-corrected chi connectivity index (χ2v) is 4.11. The number of rotatable bonds is 4. The fourth-order valence-electron chi connectivity index (χ4n) is 1.65. The first-order valence-electron chi connectivity index (χ1n) is 5.41. The van der Waals surface area contributed by atoms with E-state index in [-0.39, 0.29) is 0 Å². The minimum Gasteiger partial charge on any atom is -0.365 e. The molecule has 0 aliphatic carbocycles. The summed E-state index contributed by atoms with van der Waals surface area (Å²) in [5.41, 5.74) is 2.25. The Labute approximate surface area is 105 Å². The number of hydrogen-bond donors (Lipinski definition) is 1. The van der Waals surface area contributed by atoms with Gasteiger partial charge in [0.2, 0.25) is 0 Å². The number of aryl methyl sites for hydroxylation is 2. The summed E-state index contributed by atoms with van der Waals surface area (Å²) < 4.78 is 1.82. The zero-order chi connectivity index (χ0) is 12.3. The summed E-state index contributed by atoms with van der Waals surface area (Å²) in [6.45, 7) is 2.75. The van der Waals surface area contributed by atoms with Gasteiger partial charge in [-0.25, -0.2) is 9.97 Å². The Hall–Kier alpha value is -1.62. The Bertz CT molecular complexity index is 508. The Kier molecular flexibility index (Phi) is 3.58. The maximum atomic E-state index is 5.96. The molecule has 2 aromatic rings. The van der Waals surface area contributed by atoms with Gasteiger partial charge in [0, 0.05) is 25.4 Å². The summed E-state index contributed by atoms with van der Waals surface area (Å²) in [6.07, 6.45) is 5.95. The van der Waals surface area contributed by atoms with Crippen LogP contribution in [0.1, 0.15) is 18.2 Å². The van der Waals surface area contributed by atoms with E-state index in [4.69, 9.17) is 11.6 Å². The first-order chi connectivity index (χ1) is 8.20. The molecular weight excluding hydrogens is 238 g/mol. The molecule has 0 radical (unpaired) electrons. The first kappa shape index (κ1) is 11.9. The minimum atomic E-state index is 0.523. The molecule has 6 heteroatoms. The Morgan fingerprint density at radius 3 is 3.00 bits per heavy atom. The highest BCUT2D eigenvalue weighted by molar-refractivity contribution is 6.32. The largest absolute Gasteiger partial charge is 0.365 e. The van der Waals surface area contributed by atoms with Crippen LogP contribution in [0.5, 0.6) is 0 Å². The number of anilines is 1. The maximum absolute atomic E-state index is 5.96. The van der Waals surface area contributed by atoms with Crippen LogP contribution in [-0.2, 0) is 20.0 Å². The van der Waals surface area contributed by atoms with E-state index in [1.807, 2.05) is 17.9 Å². The van der Waals surface area contributed by atoms with E-state index < -0.39 is 0 Å². The second-order valence-electron chi connectivity index (χ2n) is 3.70. The number of nitrogens with one attached hydrogen (secondary N) is 1. The predicted molar refractivity (Wildman–Crippen MR) is 67.0 cm³/mol. The van der Waals surface area contributed by atoms with Gasteiger partial charge in [-0.05, 0) is 6.42 Å². The topological polar surface area (TPSA) is 55.6 Å². The molecule has 1 N–H and O–H groups in total. The van der Waals surface area contributed by atoms with Crippen molar-refractivity contribution in [1.82, 2.24) is 19.7 Å². The van der Waals surface area contributed by atoms with Gasteiger partial charge in [0.15, 0.2) is 0 Å². The fraction of sp³-hybridized carbons (Fsp3) is 0.364. The number of halogens is 1. The van der Waals surface area contributed by atoms with Crippen molar-refractivity contribution in [2.75, 3.05) is 5.32 Å². The molecule has 0 aromatic carbocycles. The van der Waals surface area contributed by atoms with E-state index >= 15 is 0 Å². The van der Waals surface area contributed by atoms with E-state index in [0.717, 1.165) is 17.7 Å². The molecule has 0 atom stereocenters. The zero-order valence-corrected chi connectivity index (χ0v) is 10.6. The van der Waals surface area contributed by atoms with E-state index in [0.29, 0.717) is 17.4 Å². The average molecular weight is 252 g/mol. The number of hydrogen-bond acceptors (Lipinski definition) is 4. The molecule has 5 nitrogen and oxygen atoms in total. The van der Waals surface area contributed by atoms with Crippen LogP contribution in [0.2, 0.25) is 5.02 Å². The van der Waals surface area contributed by atoms with Crippen LogP contribution in [0.15, 0.2) is 18.7 Å².